The molecule has 1 fully saturated rings. The van der Waals surface area contributed by atoms with Gasteiger partial charge in [0.25, 0.3) is 5.91 Å². The molecule has 0 aromatic heterocycles. The molecule has 0 radical (unpaired) electrons. The zero-order valence-corrected chi connectivity index (χ0v) is 13.4. The molecule has 21 heavy (non-hydrogen) atoms. The molecule has 5 nitrogen and oxygen atoms in total. The Morgan fingerprint density at radius 2 is 2.05 bits per heavy atom. The molecular weight excluding hydrogens is 338 g/mol. The first-order chi connectivity index (χ1) is 9.97. The Kier molecular flexibility index (Phi) is 5.22. The van der Waals surface area contributed by atoms with Crippen LogP contribution in [0.4, 0.5) is 0 Å². The third-order valence-corrected chi connectivity index (χ3v) is 4.21. The molecule has 2 N–H and O–H groups in total. The smallest absolute Gasteiger partial charge is 0.335 e. The zero-order chi connectivity index (χ0) is 15.4. The number of hydrogen-bond acceptors (Lipinski definition) is 3. The molecule has 0 aliphatic heterocycles. The van der Waals surface area contributed by atoms with Crippen LogP contribution in [-0.4, -0.2) is 29.1 Å². The highest BCUT2D eigenvalue weighted by atomic mass is 79.9. The quantitative estimate of drug-likeness (QED) is 0.851. The fraction of sp³-hybridized carbons (Fsp3) is 0.467. The van der Waals surface area contributed by atoms with Gasteiger partial charge in [-0.3, -0.25) is 4.79 Å². The summed E-state index contributed by atoms with van der Waals surface area (Å²) in [6, 6.07) is 4.71. The molecule has 6 heteroatoms. The van der Waals surface area contributed by atoms with E-state index in [4.69, 9.17) is 9.84 Å². The van der Waals surface area contributed by atoms with Crippen LogP contribution in [-0.2, 0) is 4.79 Å². The number of benzene rings is 1. The van der Waals surface area contributed by atoms with Crippen molar-refractivity contribution in [3.05, 3.63) is 28.2 Å². The predicted molar refractivity (Wildman–Crippen MR) is 81.6 cm³/mol. The molecule has 0 bridgehead atoms. The number of carbonyl (C=O) groups excluding carboxylic acids is 1. The van der Waals surface area contributed by atoms with Gasteiger partial charge in [-0.15, -0.1) is 0 Å². The maximum absolute atomic E-state index is 12.1. The van der Waals surface area contributed by atoms with Gasteiger partial charge in [-0.05, 0) is 53.9 Å². The van der Waals surface area contributed by atoms with Crippen LogP contribution < -0.4 is 10.1 Å². The molecule has 0 saturated heterocycles. The molecule has 1 aliphatic carbocycles. The Morgan fingerprint density at radius 3 is 2.67 bits per heavy atom. The van der Waals surface area contributed by atoms with E-state index >= 15 is 0 Å². The predicted octanol–water partition coefficient (Wildman–Crippen LogP) is 2.97. The van der Waals surface area contributed by atoms with Gasteiger partial charge in [0, 0.05) is 6.04 Å². The Balaban J connectivity index is 2.00. The van der Waals surface area contributed by atoms with E-state index in [0.29, 0.717) is 10.2 Å². The molecule has 0 spiro atoms. The van der Waals surface area contributed by atoms with E-state index in [1.165, 1.54) is 12.1 Å². The van der Waals surface area contributed by atoms with Gasteiger partial charge in [-0.2, -0.15) is 0 Å². The van der Waals surface area contributed by atoms with Crippen LogP contribution in [0.1, 0.15) is 43.0 Å². The number of amides is 1. The monoisotopic (exact) mass is 355 g/mol. The van der Waals surface area contributed by atoms with Gasteiger partial charge >= 0.3 is 5.97 Å². The summed E-state index contributed by atoms with van der Waals surface area (Å²) in [5, 5.41) is 11.9. The van der Waals surface area contributed by atoms with Gasteiger partial charge in [0.05, 0.1) is 10.0 Å². The summed E-state index contributed by atoms with van der Waals surface area (Å²) in [5.41, 5.74) is 0.122. The second kappa shape index (κ2) is 6.93. The maximum Gasteiger partial charge on any atom is 0.335 e. The van der Waals surface area contributed by atoms with Crippen molar-refractivity contribution in [2.75, 3.05) is 0 Å². The number of halogens is 1. The number of nitrogens with one attached hydrogen (secondary N) is 1. The Morgan fingerprint density at radius 1 is 1.38 bits per heavy atom. The van der Waals surface area contributed by atoms with Gasteiger partial charge < -0.3 is 15.2 Å². The van der Waals surface area contributed by atoms with Gasteiger partial charge in [0.15, 0.2) is 6.10 Å². The third-order valence-electron chi connectivity index (χ3n) is 3.55. The fourth-order valence-electron chi connectivity index (χ4n) is 2.36. The Labute approximate surface area is 131 Å². The molecule has 1 atom stereocenters. The molecule has 1 unspecified atom stereocenters. The van der Waals surface area contributed by atoms with E-state index in [2.05, 4.69) is 21.2 Å². The van der Waals surface area contributed by atoms with E-state index < -0.39 is 12.1 Å². The number of carboxylic acids is 1. The number of aromatic carboxylic acids is 1. The molecule has 1 aliphatic rings. The van der Waals surface area contributed by atoms with Crippen molar-refractivity contribution in [2.45, 2.75) is 44.8 Å². The molecule has 1 saturated carbocycles. The minimum Gasteiger partial charge on any atom is -0.480 e. The molecule has 1 amide bonds. The van der Waals surface area contributed by atoms with Crippen LogP contribution in [0.25, 0.3) is 0 Å². The van der Waals surface area contributed by atoms with E-state index in [1.54, 1.807) is 13.0 Å². The lowest BCUT2D eigenvalue weighted by Crippen LogP contribution is -2.41. The van der Waals surface area contributed by atoms with Crippen molar-refractivity contribution in [2.24, 2.45) is 0 Å². The Hall–Kier alpha value is -1.56. The van der Waals surface area contributed by atoms with Gasteiger partial charge in [-0.1, -0.05) is 12.8 Å². The SMILES string of the molecule is CC(Oc1cc(C(=O)O)ccc1Br)C(=O)NC1CCCC1. The van der Waals surface area contributed by atoms with Gasteiger partial charge in [0.1, 0.15) is 5.75 Å². The summed E-state index contributed by atoms with van der Waals surface area (Å²) in [6.45, 7) is 1.66. The summed E-state index contributed by atoms with van der Waals surface area (Å²) < 4.78 is 6.20. The Bertz CT molecular complexity index is 540. The number of ether oxygens (including phenoxy) is 1. The average Bonchev–Trinajstić information content (AvgIpc) is 2.93. The van der Waals surface area contributed by atoms with Crippen molar-refractivity contribution in [3.8, 4) is 5.75 Å². The van der Waals surface area contributed by atoms with E-state index in [-0.39, 0.29) is 17.5 Å². The maximum atomic E-state index is 12.1. The second-order valence-corrected chi connectivity index (χ2v) is 6.05. The minimum absolute atomic E-state index is 0.122. The normalized spacial score (nSPS) is 16.5. The van der Waals surface area contributed by atoms with Crippen LogP contribution in [0.3, 0.4) is 0 Å². The van der Waals surface area contributed by atoms with Crippen LogP contribution in [0.2, 0.25) is 0 Å². The molecule has 114 valence electrons. The highest BCUT2D eigenvalue weighted by molar-refractivity contribution is 9.10. The molecule has 0 heterocycles. The molecule has 2 rings (SSSR count). The number of carbonyl (C=O) groups is 2. The first-order valence-electron chi connectivity index (χ1n) is 6.97. The van der Waals surface area contributed by atoms with Crippen molar-refractivity contribution in [3.63, 3.8) is 0 Å². The second-order valence-electron chi connectivity index (χ2n) is 5.20. The highest BCUT2D eigenvalue weighted by Crippen LogP contribution is 2.27. The van der Waals surface area contributed by atoms with Crippen molar-refractivity contribution < 1.29 is 19.4 Å². The molecule has 1 aromatic carbocycles. The summed E-state index contributed by atoms with van der Waals surface area (Å²) in [4.78, 5) is 23.0. The summed E-state index contributed by atoms with van der Waals surface area (Å²) in [5.74, 6) is -0.853. The lowest BCUT2D eigenvalue weighted by atomic mass is 10.2. The van der Waals surface area contributed by atoms with Crippen LogP contribution >= 0.6 is 15.9 Å². The number of hydrogen-bond donors (Lipinski definition) is 2. The summed E-state index contributed by atoms with van der Waals surface area (Å²) in [6.07, 6.45) is 3.64. The minimum atomic E-state index is -1.03. The van der Waals surface area contributed by atoms with Crippen molar-refractivity contribution in [1.82, 2.24) is 5.32 Å². The highest BCUT2D eigenvalue weighted by Gasteiger charge is 2.22. The first kappa shape index (κ1) is 15.8. The molecular formula is C15H18BrNO4. The van der Waals surface area contributed by atoms with Crippen molar-refractivity contribution >= 4 is 27.8 Å². The lowest BCUT2D eigenvalue weighted by Gasteiger charge is -2.18. The van der Waals surface area contributed by atoms with Crippen molar-refractivity contribution in [1.29, 1.82) is 0 Å². The zero-order valence-electron chi connectivity index (χ0n) is 11.8. The number of carboxylic acid groups (broad SMARTS) is 1. The van der Waals surface area contributed by atoms with Gasteiger partial charge in [-0.25, -0.2) is 4.79 Å². The summed E-state index contributed by atoms with van der Waals surface area (Å²) in [7, 11) is 0. The van der Waals surface area contributed by atoms with Crippen LogP contribution in [0.5, 0.6) is 5.75 Å². The average molecular weight is 356 g/mol. The third kappa shape index (κ3) is 4.20. The van der Waals surface area contributed by atoms with E-state index in [0.717, 1.165) is 25.7 Å². The first-order valence-corrected chi connectivity index (χ1v) is 7.76. The largest absolute Gasteiger partial charge is 0.480 e. The fourth-order valence-corrected chi connectivity index (χ4v) is 2.70. The summed E-state index contributed by atoms with van der Waals surface area (Å²) >= 11 is 3.30. The van der Waals surface area contributed by atoms with Crippen LogP contribution in [0.15, 0.2) is 22.7 Å². The van der Waals surface area contributed by atoms with Gasteiger partial charge in [0.2, 0.25) is 0 Å². The standard InChI is InChI=1S/C15H18BrNO4/c1-9(14(18)17-11-4-2-3-5-11)21-13-8-10(15(19)20)6-7-12(13)16/h6-9,11H,2-5H2,1H3,(H,17,18)(H,19,20). The lowest BCUT2D eigenvalue weighted by molar-refractivity contribution is -0.128. The van der Waals surface area contributed by atoms with Crippen LogP contribution in [0, 0.1) is 0 Å². The van der Waals surface area contributed by atoms with E-state index in [9.17, 15) is 9.59 Å². The topological polar surface area (TPSA) is 75.6 Å². The van der Waals surface area contributed by atoms with E-state index in [1.807, 2.05) is 0 Å². The molecule has 1 aromatic rings. The number of rotatable bonds is 5.